The zero-order valence-corrected chi connectivity index (χ0v) is 17.3. The maximum Gasteiger partial charge on any atom is 0.228 e. The van der Waals surface area contributed by atoms with Gasteiger partial charge in [0.2, 0.25) is 11.6 Å². The molecule has 5 nitrogen and oxygen atoms in total. The van der Waals surface area contributed by atoms with Gasteiger partial charge in [0.05, 0.1) is 26.4 Å². The number of ether oxygens (including phenoxy) is 4. The van der Waals surface area contributed by atoms with Crippen LogP contribution >= 0.6 is 0 Å². The summed E-state index contributed by atoms with van der Waals surface area (Å²) >= 11 is 0. The average Bonchev–Trinajstić information content (AvgIpc) is 2.94. The highest BCUT2D eigenvalue weighted by Gasteiger charge is 2.79. The smallest absolute Gasteiger partial charge is 0.228 e. The quantitative estimate of drug-likeness (QED) is 0.631. The third-order valence-corrected chi connectivity index (χ3v) is 9.73. The predicted octanol–water partition coefficient (Wildman–Crippen LogP) is 3.69. The van der Waals surface area contributed by atoms with Gasteiger partial charge in [0, 0.05) is 24.7 Å². The second-order valence-electron chi connectivity index (χ2n) is 10.9. The van der Waals surface area contributed by atoms with Gasteiger partial charge < -0.3 is 18.9 Å². The van der Waals surface area contributed by atoms with Gasteiger partial charge in [-0.1, -0.05) is 26.7 Å². The lowest BCUT2D eigenvalue weighted by Crippen LogP contribution is -2.69. The molecule has 2 saturated heterocycles. The summed E-state index contributed by atoms with van der Waals surface area (Å²) in [6, 6.07) is 0. The number of Topliss-reactive ketones (excluding diaryl/α,β-unsaturated/α-hetero) is 1. The van der Waals surface area contributed by atoms with Crippen molar-refractivity contribution in [2.75, 3.05) is 26.4 Å². The van der Waals surface area contributed by atoms with E-state index < -0.39 is 11.6 Å². The van der Waals surface area contributed by atoms with E-state index in [1.54, 1.807) is 0 Å². The van der Waals surface area contributed by atoms with Crippen LogP contribution in [0.4, 0.5) is 0 Å². The van der Waals surface area contributed by atoms with Crippen molar-refractivity contribution in [2.45, 2.75) is 76.8 Å². The Morgan fingerprint density at radius 2 is 1.61 bits per heavy atom. The lowest BCUT2D eigenvalue weighted by Gasteiger charge is -2.61. The minimum atomic E-state index is -0.908. The van der Waals surface area contributed by atoms with Crippen LogP contribution in [0.1, 0.15) is 65.2 Å². The Labute approximate surface area is 167 Å². The topological polar surface area (TPSA) is 54.0 Å². The normalized spacial score (nSPS) is 58.1. The summed E-state index contributed by atoms with van der Waals surface area (Å²) < 4.78 is 25.5. The molecule has 6 aliphatic rings. The summed E-state index contributed by atoms with van der Waals surface area (Å²) in [7, 11) is 0. The van der Waals surface area contributed by atoms with Gasteiger partial charge in [-0.3, -0.25) is 4.79 Å². The Hall–Kier alpha value is -0.490. The van der Waals surface area contributed by atoms with Gasteiger partial charge in [-0.2, -0.15) is 0 Å². The van der Waals surface area contributed by atoms with E-state index >= 15 is 0 Å². The molecule has 0 spiro atoms. The third-order valence-electron chi connectivity index (χ3n) is 9.73. The van der Waals surface area contributed by atoms with Crippen molar-refractivity contribution in [2.24, 2.45) is 34.5 Å². The lowest BCUT2D eigenvalue weighted by atomic mass is 9.44. The summed E-state index contributed by atoms with van der Waals surface area (Å²) in [6.07, 6.45) is 8.86. The molecule has 0 aromatic heterocycles. The van der Waals surface area contributed by atoms with Crippen molar-refractivity contribution in [3.05, 3.63) is 0 Å². The fourth-order valence-corrected chi connectivity index (χ4v) is 8.64. The van der Waals surface area contributed by atoms with Gasteiger partial charge in [-0.25, -0.2) is 0 Å². The highest BCUT2D eigenvalue weighted by Crippen LogP contribution is 2.71. The van der Waals surface area contributed by atoms with Gasteiger partial charge in [-0.05, 0) is 48.3 Å². The molecular weight excluding hydrogens is 356 g/mol. The monoisotopic (exact) mass is 390 g/mol. The van der Waals surface area contributed by atoms with Crippen molar-refractivity contribution in [3.63, 3.8) is 0 Å². The standard InChI is InChI=1S/C23H34O5/c1-20-8-6-16-18(17(24)13-15-5-3-4-7-21(15,16)2)19(20)23-22(14-20,25-9-11-27-23)26-10-12-28-23/h15-16,18-19H,3-14H2,1-2H3/t15-,16+,18+,19+,20-,21+,22?,23?/m1/s1. The molecule has 0 bridgehead atoms. The minimum Gasteiger partial charge on any atom is -0.343 e. The highest BCUT2D eigenvalue weighted by molar-refractivity contribution is 5.83. The van der Waals surface area contributed by atoms with Crippen LogP contribution in [0.15, 0.2) is 0 Å². The summed E-state index contributed by atoms with van der Waals surface area (Å²) in [5, 5.41) is 0. The van der Waals surface area contributed by atoms with Gasteiger partial charge in [-0.15, -0.1) is 0 Å². The largest absolute Gasteiger partial charge is 0.343 e. The molecule has 5 heteroatoms. The van der Waals surface area contributed by atoms with E-state index in [9.17, 15) is 4.79 Å². The van der Waals surface area contributed by atoms with Crippen molar-refractivity contribution in [1.29, 1.82) is 0 Å². The van der Waals surface area contributed by atoms with Crippen LogP contribution in [-0.4, -0.2) is 43.8 Å². The van der Waals surface area contributed by atoms with E-state index in [0.29, 0.717) is 44.0 Å². The van der Waals surface area contributed by atoms with Crippen molar-refractivity contribution < 1.29 is 23.7 Å². The number of hydrogen-bond acceptors (Lipinski definition) is 5. The molecule has 0 radical (unpaired) electrons. The number of rotatable bonds is 0. The van der Waals surface area contributed by atoms with Crippen LogP contribution in [-0.2, 0) is 23.7 Å². The third kappa shape index (κ3) is 2.05. The van der Waals surface area contributed by atoms with Gasteiger partial charge in [0.1, 0.15) is 5.78 Å². The summed E-state index contributed by atoms with van der Waals surface area (Å²) in [5.41, 5.74) is 0.245. The predicted molar refractivity (Wildman–Crippen MR) is 101 cm³/mol. The molecule has 4 saturated carbocycles. The van der Waals surface area contributed by atoms with E-state index in [1.165, 1.54) is 25.7 Å². The van der Waals surface area contributed by atoms with E-state index in [4.69, 9.17) is 18.9 Å². The molecule has 156 valence electrons. The van der Waals surface area contributed by atoms with Gasteiger partial charge >= 0.3 is 0 Å². The molecule has 0 N–H and O–H groups in total. The van der Waals surface area contributed by atoms with Crippen LogP contribution in [0, 0.1) is 34.5 Å². The first-order chi connectivity index (χ1) is 13.4. The Morgan fingerprint density at radius 1 is 0.893 bits per heavy atom. The molecule has 2 aliphatic heterocycles. The Balaban J connectivity index is 1.48. The number of fused-ring (bicyclic) bond motifs is 5. The molecule has 28 heavy (non-hydrogen) atoms. The maximum absolute atomic E-state index is 13.7. The number of carbonyl (C=O) groups is 1. The molecule has 6 rings (SSSR count). The van der Waals surface area contributed by atoms with Gasteiger partial charge in [0.15, 0.2) is 0 Å². The van der Waals surface area contributed by atoms with Crippen LogP contribution in [0.5, 0.6) is 0 Å². The van der Waals surface area contributed by atoms with Gasteiger partial charge in [0.25, 0.3) is 0 Å². The first kappa shape index (κ1) is 18.3. The van der Waals surface area contributed by atoms with Crippen molar-refractivity contribution in [1.82, 2.24) is 0 Å². The molecule has 0 unspecified atom stereocenters. The fraction of sp³-hybridized carbons (Fsp3) is 0.957. The molecule has 6 atom stereocenters. The van der Waals surface area contributed by atoms with E-state index in [0.717, 1.165) is 25.7 Å². The summed E-state index contributed by atoms with van der Waals surface area (Å²) in [5.74, 6) is -0.223. The zero-order valence-electron chi connectivity index (χ0n) is 17.3. The lowest BCUT2D eigenvalue weighted by molar-refractivity contribution is -0.465. The molecule has 6 fully saturated rings. The van der Waals surface area contributed by atoms with Crippen LogP contribution in [0.3, 0.4) is 0 Å². The molecule has 0 aromatic carbocycles. The molecule has 0 aromatic rings. The van der Waals surface area contributed by atoms with E-state index in [2.05, 4.69) is 13.8 Å². The molecule has 2 heterocycles. The maximum atomic E-state index is 13.7. The minimum absolute atomic E-state index is 0.0170. The summed E-state index contributed by atoms with van der Waals surface area (Å²) in [6.45, 7) is 6.93. The SMILES string of the molecule is C[C@]12CC[C@H]3[C@@H](C(=O)C[C@H]4CCCC[C@@]43C)[C@@H]1C13OCCOC1(C2)OCCO3. The van der Waals surface area contributed by atoms with Crippen LogP contribution in [0.25, 0.3) is 0 Å². The first-order valence-corrected chi connectivity index (χ1v) is 11.5. The zero-order chi connectivity index (χ0) is 19.2. The summed E-state index contributed by atoms with van der Waals surface area (Å²) in [4.78, 5) is 13.7. The van der Waals surface area contributed by atoms with Crippen LogP contribution < -0.4 is 0 Å². The number of ketones is 1. The highest BCUT2D eigenvalue weighted by atomic mass is 16.8. The second-order valence-corrected chi connectivity index (χ2v) is 10.9. The van der Waals surface area contributed by atoms with Crippen LogP contribution in [0.2, 0.25) is 0 Å². The molecule has 0 amide bonds. The van der Waals surface area contributed by atoms with E-state index in [1.807, 2.05) is 0 Å². The Morgan fingerprint density at radius 3 is 2.36 bits per heavy atom. The van der Waals surface area contributed by atoms with Crippen molar-refractivity contribution >= 4 is 5.78 Å². The van der Waals surface area contributed by atoms with E-state index in [-0.39, 0.29) is 22.7 Å². The molecule has 4 aliphatic carbocycles. The Kier molecular flexibility index (Phi) is 3.79. The Bertz CT molecular complexity index is 678. The number of carbonyl (C=O) groups excluding carboxylic acids is 1. The second kappa shape index (κ2) is 5.81. The fourth-order valence-electron chi connectivity index (χ4n) is 8.64. The molecular formula is C23H34O5. The first-order valence-electron chi connectivity index (χ1n) is 11.5. The van der Waals surface area contributed by atoms with Crippen molar-refractivity contribution in [3.8, 4) is 0 Å². The number of hydrogen-bond donors (Lipinski definition) is 0. The average molecular weight is 391 g/mol.